The van der Waals surface area contributed by atoms with Crippen molar-refractivity contribution < 1.29 is 13.9 Å². The predicted octanol–water partition coefficient (Wildman–Crippen LogP) is 1.96. The van der Waals surface area contributed by atoms with E-state index in [1.54, 1.807) is 24.3 Å². The summed E-state index contributed by atoms with van der Waals surface area (Å²) in [5.74, 6) is 0.290. The van der Waals surface area contributed by atoms with Crippen LogP contribution in [0.3, 0.4) is 0 Å². The number of ether oxygens (including phenoxy) is 1. The van der Waals surface area contributed by atoms with E-state index in [9.17, 15) is 9.18 Å². The van der Waals surface area contributed by atoms with Crippen molar-refractivity contribution in [1.29, 1.82) is 0 Å². The van der Waals surface area contributed by atoms with Gasteiger partial charge in [0.05, 0.1) is 6.61 Å². The minimum absolute atomic E-state index is 0.0963. The summed E-state index contributed by atoms with van der Waals surface area (Å²) in [5.41, 5.74) is 5.35. The van der Waals surface area contributed by atoms with Gasteiger partial charge in [-0.2, -0.15) is 0 Å². The molecule has 1 aliphatic rings. The number of rotatable bonds is 2. The smallest absolute Gasteiger partial charge is 0.320 e. The van der Waals surface area contributed by atoms with Crippen LogP contribution in [0.4, 0.5) is 14.9 Å². The number of amidine groups is 1. The van der Waals surface area contributed by atoms with E-state index in [2.05, 4.69) is 15.6 Å². The number of anilines is 1. The number of carbonyl (C=O) groups is 1. The molecule has 126 valence electrons. The van der Waals surface area contributed by atoms with Crippen LogP contribution >= 0.6 is 0 Å². The maximum Gasteiger partial charge on any atom is 0.320 e. The molecule has 1 aliphatic heterocycles. The lowest BCUT2D eigenvalue weighted by Crippen LogP contribution is -2.51. The first kappa shape index (κ1) is 17.2. The first-order chi connectivity index (χ1) is 10.7. The highest BCUT2D eigenvalue weighted by Gasteiger charge is 2.36. The van der Waals surface area contributed by atoms with Gasteiger partial charge in [0.2, 0.25) is 0 Å². The Morgan fingerprint density at radius 1 is 1.48 bits per heavy atom. The van der Waals surface area contributed by atoms with Gasteiger partial charge >= 0.3 is 6.03 Å². The van der Waals surface area contributed by atoms with Crippen molar-refractivity contribution in [3.05, 3.63) is 29.8 Å². The number of aliphatic imine (C=N–C) groups is 1. The number of carbonyl (C=O) groups excluding carboxylic acids is 1. The Kier molecular flexibility index (Phi) is 4.89. The van der Waals surface area contributed by atoms with Crippen LogP contribution in [0.2, 0.25) is 0 Å². The van der Waals surface area contributed by atoms with Crippen LogP contribution in [0.1, 0.15) is 26.3 Å². The van der Waals surface area contributed by atoms with Crippen LogP contribution in [0.5, 0.6) is 0 Å². The molecule has 4 N–H and O–H groups in total. The third-order valence-corrected chi connectivity index (χ3v) is 3.32. The molecule has 7 heteroatoms. The zero-order valence-electron chi connectivity index (χ0n) is 13.6. The molecular formula is C16H23FN4O2. The van der Waals surface area contributed by atoms with Crippen LogP contribution in [0, 0.1) is 0 Å². The average molecular weight is 322 g/mol. The van der Waals surface area contributed by atoms with E-state index in [1.165, 1.54) is 0 Å². The first-order valence-electron chi connectivity index (χ1n) is 7.42. The van der Waals surface area contributed by atoms with Crippen LogP contribution < -0.4 is 16.4 Å². The summed E-state index contributed by atoms with van der Waals surface area (Å²) in [6.45, 7) is 5.07. The second kappa shape index (κ2) is 6.54. The van der Waals surface area contributed by atoms with Crippen LogP contribution in [0.15, 0.2) is 29.3 Å². The Morgan fingerprint density at radius 2 is 2.22 bits per heavy atom. The molecule has 1 heterocycles. The minimum atomic E-state index is -1.18. The van der Waals surface area contributed by atoms with Gasteiger partial charge in [-0.05, 0) is 38.5 Å². The molecule has 0 bridgehead atoms. The van der Waals surface area contributed by atoms with Gasteiger partial charge in [0, 0.05) is 11.2 Å². The molecule has 0 saturated carbocycles. The molecule has 1 atom stereocenters. The maximum atomic E-state index is 13.8. The van der Waals surface area contributed by atoms with Gasteiger partial charge in [-0.25, -0.2) is 9.18 Å². The van der Waals surface area contributed by atoms with Gasteiger partial charge in [-0.1, -0.05) is 12.1 Å². The van der Waals surface area contributed by atoms with E-state index in [0.29, 0.717) is 11.3 Å². The number of hydrogen-bond acceptors (Lipinski definition) is 4. The molecule has 6 nitrogen and oxygen atoms in total. The van der Waals surface area contributed by atoms with Gasteiger partial charge in [0.25, 0.3) is 0 Å². The normalized spacial score (nSPS) is 21.5. The molecule has 0 saturated heterocycles. The van der Waals surface area contributed by atoms with Crippen molar-refractivity contribution in [3.8, 4) is 0 Å². The fraction of sp³-hybridized carbons (Fsp3) is 0.500. The average Bonchev–Trinajstić information content (AvgIpc) is 2.45. The fourth-order valence-corrected chi connectivity index (χ4v) is 2.33. The highest BCUT2D eigenvalue weighted by atomic mass is 19.1. The van der Waals surface area contributed by atoms with Gasteiger partial charge in [-0.3, -0.25) is 10.3 Å². The minimum Gasteiger partial charge on any atom is -0.399 e. The number of alkyl halides is 1. The van der Waals surface area contributed by atoms with Crippen molar-refractivity contribution in [3.63, 3.8) is 0 Å². The zero-order chi connectivity index (χ0) is 17.1. The number of nitrogen functional groups attached to an aromatic ring is 1. The number of benzene rings is 1. The molecular weight excluding hydrogens is 299 g/mol. The second-order valence-electron chi connectivity index (χ2n) is 6.67. The van der Waals surface area contributed by atoms with Gasteiger partial charge in [0.1, 0.15) is 24.7 Å². The molecule has 0 radical (unpaired) electrons. The van der Waals surface area contributed by atoms with Crippen LogP contribution in [-0.4, -0.2) is 37.3 Å². The van der Waals surface area contributed by atoms with Gasteiger partial charge < -0.3 is 15.8 Å². The van der Waals surface area contributed by atoms with E-state index >= 15 is 0 Å². The number of nitrogens with two attached hydrogens (primary N) is 1. The summed E-state index contributed by atoms with van der Waals surface area (Å²) in [5, 5.41) is 5.39. The molecule has 1 aromatic rings. The first-order valence-corrected chi connectivity index (χ1v) is 7.42. The van der Waals surface area contributed by atoms with Gasteiger partial charge in [0.15, 0.2) is 0 Å². The Labute approximate surface area is 135 Å². The lowest BCUT2D eigenvalue weighted by molar-refractivity contribution is 0.0816. The summed E-state index contributed by atoms with van der Waals surface area (Å²) in [6.07, 6.45) is 0. The quantitative estimate of drug-likeness (QED) is 0.727. The number of amides is 2. The predicted molar refractivity (Wildman–Crippen MR) is 88.2 cm³/mol. The van der Waals surface area contributed by atoms with Crippen molar-refractivity contribution in [2.24, 2.45) is 4.99 Å². The van der Waals surface area contributed by atoms with E-state index in [0.717, 1.165) is 0 Å². The number of nitrogens with zero attached hydrogens (tertiary/aromatic N) is 1. The number of halogens is 1. The largest absolute Gasteiger partial charge is 0.399 e. The lowest BCUT2D eigenvalue weighted by Gasteiger charge is -2.32. The Balaban J connectivity index is 2.23. The molecule has 0 aliphatic carbocycles. The Bertz CT molecular complexity index is 612. The summed E-state index contributed by atoms with van der Waals surface area (Å²) in [6, 6.07) is 6.48. The number of urea groups is 1. The van der Waals surface area contributed by atoms with Crippen LogP contribution in [0.25, 0.3) is 0 Å². The summed E-state index contributed by atoms with van der Waals surface area (Å²) in [7, 11) is 0. The summed E-state index contributed by atoms with van der Waals surface area (Å²) < 4.78 is 19.2. The zero-order valence-corrected chi connectivity index (χ0v) is 13.6. The Morgan fingerprint density at radius 3 is 2.83 bits per heavy atom. The van der Waals surface area contributed by atoms with Crippen LogP contribution in [-0.2, 0) is 10.3 Å². The monoisotopic (exact) mass is 322 g/mol. The molecule has 2 rings (SSSR count). The third-order valence-electron chi connectivity index (χ3n) is 3.32. The molecule has 1 unspecified atom stereocenters. The molecule has 0 spiro atoms. The fourth-order valence-electron chi connectivity index (χ4n) is 2.33. The second-order valence-corrected chi connectivity index (χ2v) is 6.67. The van der Waals surface area contributed by atoms with E-state index in [4.69, 9.17) is 10.5 Å². The molecule has 23 heavy (non-hydrogen) atoms. The summed E-state index contributed by atoms with van der Waals surface area (Å²) >= 11 is 0. The molecule has 0 aromatic heterocycles. The highest BCUT2D eigenvalue weighted by molar-refractivity contribution is 5.98. The molecule has 1 aromatic carbocycles. The van der Waals surface area contributed by atoms with E-state index in [-0.39, 0.29) is 24.6 Å². The third kappa shape index (κ3) is 4.41. The topological polar surface area (TPSA) is 88.7 Å². The molecule has 2 amide bonds. The number of hydrogen-bond donors (Lipinski definition) is 3. The highest BCUT2D eigenvalue weighted by Crippen LogP contribution is 2.30. The van der Waals surface area contributed by atoms with Gasteiger partial charge in [-0.15, -0.1) is 0 Å². The lowest BCUT2D eigenvalue weighted by atomic mass is 9.91. The standard InChI is InChI=1S/C16H23FN4O2/c1-15(2,3)21-14(22)19-13-8-23-10-16(9-17,20-13)11-5-4-6-12(18)7-11/h4-7H,8-10,18H2,1-3H3,(H2,19,20,21,22). The van der Waals surface area contributed by atoms with Crippen molar-refractivity contribution >= 4 is 17.6 Å². The van der Waals surface area contributed by atoms with Crippen molar-refractivity contribution in [1.82, 2.24) is 10.6 Å². The maximum absolute atomic E-state index is 13.8. The number of nitrogens with one attached hydrogen (secondary N) is 2. The SMILES string of the molecule is CC(C)(C)NC(=O)NC1=NC(CF)(c2cccc(N)c2)COC1. The van der Waals surface area contributed by atoms with E-state index < -0.39 is 18.2 Å². The van der Waals surface area contributed by atoms with Crippen molar-refractivity contribution in [2.45, 2.75) is 31.8 Å². The summed E-state index contributed by atoms with van der Waals surface area (Å²) in [4.78, 5) is 16.3. The Hall–Kier alpha value is -2.15. The van der Waals surface area contributed by atoms with Crippen molar-refractivity contribution in [2.75, 3.05) is 25.6 Å². The van der Waals surface area contributed by atoms with E-state index in [1.807, 2.05) is 20.8 Å². The molecule has 0 fully saturated rings.